The van der Waals surface area contributed by atoms with Gasteiger partial charge in [-0.15, -0.1) is 23.2 Å². The Kier molecular flexibility index (Phi) is 2.95. The molecule has 3 nitrogen and oxygen atoms in total. The van der Waals surface area contributed by atoms with E-state index in [0.717, 1.165) is 11.5 Å². The van der Waals surface area contributed by atoms with Gasteiger partial charge in [0.05, 0.1) is 11.5 Å². The third kappa shape index (κ3) is 2.18. The molecule has 2 rings (SSSR count). The summed E-state index contributed by atoms with van der Waals surface area (Å²) < 4.78 is 4.52. The molecule has 1 aromatic rings. The summed E-state index contributed by atoms with van der Waals surface area (Å²) in [6, 6.07) is 3.53. The number of aryl methyl sites for hydroxylation is 1. The van der Waals surface area contributed by atoms with Gasteiger partial charge in [-0.1, -0.05) is 0 Å². The molecule has 0 bridgehead atoms. The minimum Gasteiger partial charge on any atom is -0.464 e. The van der Waals surface area contributed by atoms with Crippen LogP contribution in [0, 0.1) is 12.3 Å². The summed E-state index contributed by atoms with van der Waals surface area (Å²) >= 11 is 11.9. The number of hydrogen-bond donors (Lipinski definition) is 1. The molecule has 0 aliphatic heterocycles. The SMILES string of the molecule is Cc1ccc(C(C)NC(=O)C2(C)CC2(Cl)Cl)o1. The standard InChI is InChI=1S/C12H15Cl2NO2/c1-7-4-5-9(17-7)8(2)15-10(16)11(3)6-12(11,13)14/h4-5,8H,6H2,1-3H3,(H,15,16). The maximum Gasteiger partial charge on any atom is 0.229 e. The van der Waals surface area contributed by atoms with Crippen LogP contribution in [-0.4, -0.2) is 10.2 Å². The van der Waals surface area contributed by atoms with E-state index < -0.39 is 9.75 Å². The number of carbonyl (C=O) groups is 1. The number of amides is 1. The minimum absolute atomic E-state index is 0.135. The largest absolute Gasteiger partial charge is 0.464 e. The maximum absolute atomic E-state index is 12.0. The van der Waals surface area contributed by atoms with Crippen LogP contribution in [-0.2, 0) is 4.79 Å². The molecule has 17 heavy (non-hydrogen) atoms. The van der Waals surface area contributed by atoms with Crippen molar-refractivity contribution >= 4 is 29.1 Å². The number of halogens is 2. The fourth-order valence-electron chi connectivity index (χ4n) is 1.76. The van der Waals surface area contributed by atoms with E-state index in [-0.39, 0.29) is 11.9 Å². The van der Waals surface area contributed by atoms with Crippen molar-refractivity contribution in [1.29, 1.82) is 0 Å². The molecule has 1 fully saturated rings. The first-order chi connectivity index (χ1) is 7.76. The normalized spacial score (nSPS) is 27.6. The van der Waals surface area contributed by atoms with E-state index in [9.17, 15) is 4.79 Å². The van der Waals surface area contributed by atoms with Crippen LogP contribution in [0.2, 0.25) is 0 Å². The van der Waals surface area contributed by atoms with Gasteiger partial charge in [0.2, 0.25) is 5.91 Å². The Balaban J connectivity index is 2.01. The molecule has 1 N–H and O–H groups in total. The van der Waals surface area contributed by atoms with Crippen LogP contribution in [0.3, 0.4) is 0 Å². The van der Waals surface area contributed by atoms with Gasteiger partial charge in [0.1, 0.15) is 15.9 Å². The van der Waals surface area contributed by atoms with E-state index in [0.29, 0.717) is 6.42 Å². The van der Waals surface area contributed by atoms with Crippen molar-refractivity contribution < 1.29 is 9.21 Å². The lowest BCUT2D eigenvalue weighted by atomic mass is 10.1. The molecule has 1 aromatic heterocycles. The topological polar surface area (TPSA) is 42.2 Å². The van der Waals surface area contributed by atoms with Gasteiger partial charge in [-0.2, -0.15) is 0 Å². The fourth-order valence-corrected chi connectivity index (χ4v) is 2.47. The maximum atomic E-state index is 12.0. The minimum atomic E-state index is -0.935. The number of furan rings is 1. The lowest BCUT2D eigenvalue weighted by Crippen LogP contribution is -2.34. The molecule has 2 atom stereocenters. The number of hydrogen-bond acceptors (Lipinski definition) is 2. The molecule has 94 valence electrons. The van der Waals surface area contributed by atoms with E-state index in [1.54, 1.807) is 6.92 Å². The smallest absolute Gasteiger partial charge is 0.229 e. The second kappa shape index (κ2) is 3.92. The Bertz CT molecular complexity index is 455. The molecule has 1 amide bonds. The lowest BCUT2D eigenvalue weighted by molar-refractivity contribution is -0.126. The molecule has 2 unspecified atom stereocenters. The summed E-state index contributed by atoms with van der Waals surface area (Å²) in [5, 5.41) is 2.87. The van der Waals surface area contributed by atoms with Crippen molar-refractivity contribution in [3.63, 3.8) is 0 Å². The average Bonchev–Trinajstić information content (AvgIpc) is 2.61. The summed E-state index contributed by atoms with van der Waals surface area (Å²) in [7, 11) is 0. The van der Waals surface area contributed by atoms with Gasteiger partial charge in [-0.25, -0.2) is 0 Å². The molecule has 1 heterocycles. The summed E-state index contributed by atoms with van der Waals surface area (Å²) in [6.07, 6.45) is 0.485. The summed E-state index contributed by atoms with van der Waals surface area (Å²) in [4.78, 5) is 12.0. The third-order valence-electron chi connectivity index (χ3n) is 3.29. The van der Waals surface area contributed by atoms with E-state index >= 15 is 0 Å². The second-order valence-corrected chi connectivity index (χ2v) is 6.34. The van der Waals surface area contributed by atoms with Crippen molar-refractivity contribution in [2.24, 2.45) is 5.41 Å². The van der Waals surface area contributed by atoms with E-state index in [1.165, 1.54) is 0 Å². The van der Waals surface area contributed by atoms with Gasteiger partial charge in [0, 0.05) is 0 Å². The molecule has 5 heteroatoms. The highest BCUT2D eigenvalue weighted by atomic mass is 35.5. The van der Waals surface area contributed by atoms with Crippen LogP contribution in [0.5, 0.6) is 0 Å². The van der Waals surface area contributed by atoms with Crippen molar-refractivity contribution in [3.05, 3.63) is 23.7 Å². The average molecular weight is 276 g/mol. The number of alkyl halides is 2. The highest BCUT2D eigenvalue weighted by Gasteiger charge is 2.68. The third-order valence-corrected chi connectivity index (χ3v) is 4.40. The van der Waals surface area contributed by atoms with Crippen LogP contribution in [0.1, 0.15) is 37.8 Å². The van der Waals surface area contributed by atoms with E-state index in [4.69, 9.17) is 27.6 Å². The van der Waals surface area contributed by atoms with Gasteiger partial charge >= 0.3 is 0 Å². The first-order valence-corrected chi connectivity index (χ1v) is 6.27. The van der Waals surface area contributed by atoms with Crippen molar-refractivity contribution in [2.75, 3.05) is 0 Å². The Morgan fingerprint density at radius 2 is 2.12 bits per heavy atom. The molecule has 1 aliphatic rings. The highest BCUT2D eigenvalue weighted by molar-refractivity contribution is 6.53. The number of rotatable bonds is 3. The van der Waals surface area contributed by atoms with Crippen molar-refractivity contribution in [2.45, 2.75) is 37.6 Å². The summed E-state index contributed by atoms with van der Waals surface area (Å²) in [5.74, 6) is 1.42. The Hall–Kier alpha value is -0.670. The first kappa shape index (κ1) is 12.8. The molecule has 1 aliphatic carbocycles. The van der Waals surface area contributed by atoms with Gasteiger partial charge < -0.3 is 9.73 Å². The zero-order valence-electron chi connectivity index (χ0n) is 10.0. The lowest BCUT2D eigenvalue weighted by Gasteiger charge is -2.16. The summed E-state index contributed by atoms with van der Waals surface area (Å²) in [5.41, 5.74) is -0.688. The fraction of sp³-hybridized carbons (Fsp3) is 0.583. The molecular weight excluding hydrogens is 261 g/mol. The quantitative estimate of drug-likeness (QED) is 0.860. The number of nitrogens with one attached hydrogen (secondary N) is 1. The molecule has 0 aromatic carbocycles. The molecule has 1 saturated carbocycles. The molecule has 0 radical (unpaired) electrons. The van der Waals surface area contributed by atoms with Crippen LogP contribution in [0.25, 0.3) is 0 Å². The predicted octanol–water partition coefficient (Wildman–Crippen LogP) is 3.35. The van der Waals surface area contributed by atoms with E-state index in [2.05, 4.69) is 5.32 Å². The van der Waals surface area contributed by atoms with Crippen molar-refractivity contribution in [3.8, 4) is 0 Å². The Morgan fingerprint density at radius 1 is 1.53 bits per heavy atom. The van der Waals surface area contributed by atoms with Gasteiger partial charge in [0.25, 0.3) is 0 Å². The number of carbonyl (C=O) groups excluding carboxylic acids is 1. The molecule has 0 saturated heterocycles. The van der Waals surface area contributed by atoms with Crippen LogP contribution >= 0.6 is 23.2 Å². The first-order valence-electron chi connectivity index (χ1n) is 5.51. The van der Waals surface area contributed by atoms with Crippen molar-refractivity contribution in [1.82, 2.24) is 5.32 Å². The second-order valence-electron chi connectivity index (χ2n) is 4.86. The van der Waals surface area contributed by atoms with Crippen LogP contribution < -0.4 is 5.32 Å². The zero-order chi connectivity index (χ0) is 12.8. The zero-order valence-corrected chi connectivity index (χ0v) is 11.5. The summed E-state index contributed by atoms with van der Waals surface area (Å²) in [6.45, 7) is 5.50. The Morgan fingerprint density at radius 3 is 2.53 bits per heavy atom. The molecule has 0 spiro atoms. The highest BCUT2D eigenvalue weighted by Crippen LogP contribution is 2.63. The van der Waals surface area contributed by atoms with Gasteiger partial charge in [-0.3, -0.25) is 4.79 Å². The van der Waals surface area contributed by atoms with Crippen LogP contribution in [0.15, 0.2) is 16.5 Å². The predicted molar refractivity (Wildman–Crippen MR) is 67.2 cm³/mol. The van der Waals surface area contributed by atoms with Gasteiger partial charge in [-0.05, 0) is 39.3 Å². The van der Waals surface area contributed by atoms with Crippen LogP contribution in [0.4, 0.5) is 0 Å². The Labute approximate surface area is 110 Å². The molecular formula is C12H15Cl2NO2. The van der Waals surface area contributed by atoms with Gasteiger partial charge in [0.15, 0.2) is 0 Å². The van der Waals surface area contributed by atoms with E-state index in [1.807, 2.05) is 26.0 Å². The monoisotopic (exact) mass is 275 g/mol.